The van der Waals surface area contributed by atoms with Crippen molar-refractivity contribution in [2.24, 2.45) is 0 Å². The Morgan fingerprint density at radius 3 is 2.05 bits per heavy atom. The van der Waals surface area contributed by atoms with E-state index in [1.165, 1.54) is 11.1 Å². The Bertz CT molecular complexity index is 567. The van der Waals surface area contributed by atoms with Gasteiger partial charge in [0.1, 0.15) is 12.6 Å². The Labute approximate surface area is 133 Å². The quantitative estimate of drug-likeness (QED) is 0.584. The molecule has 0 saturated carbocycles. The topological polar surface area (TPSA) is 20.2 Å². The van der Waals surface area contributed by atoms with Gasteiger partial charge < -0.3 is 9.59 Å². The van der Waals surface area contributed by atoms with E-state index in [0.29, 0.717) is 0 Å². The first-order valence-corrected chi connectivity index (χ1v) is 7.82. The lowest BCUT2D eigenvalue weighted by Gasteiger charge is -2.40. The van der Waals surface area contributed by atoms with Gasteiger partial charge in [-0.05, 0) is 11.6 Å². The van der Waals surface area contributed by atoms with Crippen LogP contribution in [0.3, 0.4) is 0 Å². The standard InChI is InChI=1S/C20H26NO/c1-3-14-21(2,16-19-12-8-5-9-13-19)20(17-22)15-18-10-6-4-7-11-18/h3-13,20,22H,1,14-17H2,2H3/q+1/t20-,21+/m0/s1. The number of likely N-dealkylation sites (N-methyl/N-ethyl adjacent to an activating group) is 1. The maximum absolute atomic E-state index is 9.98. The zero-order chi connectivity index (χ0) is 15.8. The second kappa shape index (κ2) is 7.92. The van der Waals surface area contributed by atoms with Crippen LogP contribution in [0.1, 0.15) is 11.1 Å². The Hall–Kier alpha value is -1.90. The molecule has 0 unspecified atom stereocenters. The molecule has 0 aromatic heterocycles. The van der Waals surface area contributed by atoms with Crippen LogP contribution in [-0.4, -0.2) is 35.8 Å². The number of hydrogen-bond acceptors (Lipinski definition) is 1. The highest BCUT2D eigenvalue weighted by molar-refractivity contribution is 5.16. The van der Waals surface area contributed by atoms with Crippen molar-refractivity contribution in [1.82, 2.24) is 0 Å². The van der Waals surface area contributed by atoms with Crippen molar-refractivity contribution in [2.75, 3.05) is 20.2 Å². The van der Waals surface area contributed by atoms with Crippen molar-refractivity contribution in [2.45, 2.75) is 19.0 Å². The molecular formula is C20H26NO+. The van der Waals surface area contributed by atoms with Gasteiger partial charge in [-0.15, -0.1) is 0 Å². The molecule has 0 saturated heterocycles. The fourth-order valence-electron chi connectivity index (χ4n) is 3.01. The number of aliphatic hydroxyl groups is 1. The number of rotatable bonds is 8. The highest BCUT2D eigenvalue weighted by atomic mass is 16.3. The van der Waals surface area contributed by atoms with E-state index in [1.807, 2.05) is 18.2 Å². The first-order chi connectivity index (χ1) is 10.7. The number of benzene rings is 2. The zero-order valence-electron chi connectivity index (χ0n) is 13.4. The number of aliphatic hydroxyl groups excluding tert-OH is 1. The lowest BCUT2D eigenvalue weighted by atomic mass is 10.0. The van der Waals surface area contributed by atoms with Gasteiger partial charge >= 0.3 is 0 Å². The number of hydrogen-bond donors (Lipinski definition) is 1. The van der Waals surface area contributed by atoms with Gasteiger partial charge in [0.25, 0.3) is 0 Å². The predicted molar refractivity (Wildman–Crippen MR) is 92.4 cm³/mol. The Kier molecular flexibility index (Phi) is 5.93. The van der Waals surface area contributed by atoms with Crippen molar-refractivity contribution in [3.8, 4) is 0 Å². The van der Waals surface area contributed by atoms with Gasteiger partial charge in [-0.2, -0.15) is 0 Å². The highest BCUT2D eigenvalue weighted by Gasteiger charge is 2.31. The van der Waals surface area contributed by atoms with Crippen molar-refractivity contribution in [3.05, 3.63) is 84.4 Å². The summed E-state index contributed by atoms with van der Waals surface area (Å²) in [4.78, 5) is 0. The fraction of sp³-hybridized carbons (Fsp3) is 0.300. The zero-order valence-corrected chi connectivity index (χ0v) is 13.4. The summed E-state index contributed by atoms with van der Waals surface area (Å²) in [6.07, 6.45) is 2.82. The summed E-state index contributed by atoms with van der Waals surface area (Å²) in [6.45, 7) is 5.82. The van der Waals surface area contributed by atoms with E-state index in [1.54, 1.807) is 0 Å². The molecule has 116 valence electrons. The molecule has 2 aromatic carbocycles. The second-order valence-electron chi connectivity index (χ2n) is 6.12. The SMILES string of the molecule is C=CC[N@+](C)(Cc1ccccc1)[C@H](CO)Cc1ccccc1. The predicted octanol–water partition coefficient (Wildman–Crippen LogP) is 3.42. The lowest BCUT2D eigenvalue weighted by Crippen LogP contribution is -2.54. The van der Waals surface area contributed by atoms with E-state index >= 15 is 0 Å². The molecule has 0 spiro atoms. The van der Waals surface area contributed by atoms with Crippen LogP contribution in [0.4, 0.5) is 0 Å². The molecule has 0 amide bonds. The van der Waals surface area contributed by atoms with Gasteiger partial charge in [-0.3, -0.25) is 0 Å². The van der Waals surface area contributed by atoms with Crippen LogP contribution in [0, 0.1) is 0 Å². The van der Waals surface area contributed by atoms with E-state index < -0.39 is 0 Å². The molecule has 1 N–H and O–H groups in total. The second-order valence-corrected chi connectivity index (χ2v) is 6.12. The van der Waals surface area contributed by atoms with Crippen molar-refractivity contribution < 1.29 is 9.59 Å². The summed E-state index contributed by atoms with van der Waals surface area (Å²) in [5, 5.41) is 9.98. The molecule has 0 aliphatic carbocycles. The first-order valence-electron chi connectivity index (χ1n) is 7.82. The Balaban J connectivity index is 2.20. The maximum atomic E-state index is 9.98. The Morgan fingerprint density at radius 1 is 1.00 bits per heavy atom. The minimum Gasteiger partial charge on any atom is -0.390 e. The van der Waals surface area contributed by atoms with E-state index in [4.69, 9.17) is 0 Å². The summed E-state index contributed by atoms with van der Waals surface area (Å²) in [7, 11) is 2.21. The van der Waals surface area contributed by atoms with E-state index in [-0.39, 0.29) is 12.6 Å². The van der Waals surface area contributed by atoms with Crippen LogP contribution in [0.2, 0.25) is 0 Å². The largest absolute Gasteiger partial charge is 0.390 e. The molecule has 22 heavy (non-hydrogen) atoms. The molecule has 0 aliphatic heterocycles. The molecular weight excluding hydrogens is 270 g/mol. The van der Waals surface area contributed by atoms with Crippen LogP contribution in [0.15, 0.2) is 73.3 Å². The van der Waals surface area contributed by atoms with E-state index in [0.717, 1.165) is 24.0 Å². The summed E-state index contributed by atoms with van der Waals surface area (Å²) in [5.74, 6) is 0. The summed E-state index contributed by atoms with van der Waals surface area (Å²) in [6, 6.07) is 21.0. The van der Waals surface area contributed by atoms with E-state index in [2.05, 4.69) is 62.2 Å². The average Bonchev–Trinajstić information content (AvgIpc) is 2.54. The van der Waals surface area contributed by atoms with Gasteiger partial charge in [0.15, 0.2) is 0 Å². The molecule has 0 fully saturated rings. The van der Waals surface area contributed by atoms with Crippen LogP contribution < -0.4 is 0 Å². The number of nitrogens with zero attached hydrogens (tertiary/aromatic N) is 1. The third-order valence-corrected chi connectivity index (χ3v) is 4.34. The van der Waals surface area contributed by atoms with Gasteiger partial charge in [-0.1, -0.05) is 67.2 Å². The third-order valence-electron chi connectivity index (χ3n) is 4.34. The Morgan fingerprint density at radius 2 is 1.55 bits per heavy atom. The third kappa shape index (κ3) is 4.30. The van der Waals surface area contributed by atoms with Crippen LogP contribution in [0.5, 0.6) is 0 Å². The summed E-state index contributed by atoms with van der Waals surface area (Å²) >= 11 is 0. The molecule has 0 heterocycles. The molecule has 2 aromatic rings. The molecule has 2 atom stereocenters. The average molecular weight is 296 g/mol. The maximum Gasteiger partial charge on any atom is 0.117 e. The minimum atomic E-state index is 0.153. The molecule has 2 heteroatoms. The van der Waals surface area contributed by atoms with E-state index in [9.17, 15) is 5.11 Å². The van der Waals surface area contributed by atoms with Gasteiger partial charge in [-0.25, -0.2) is 0 Å². The van der Waals surface area contributed by atoms with Crippen LogP contribution in [0.25, 0.3) is 0 Å². The molecule has 0 bridgehead atoms. The van der Waals surface area contributed by atoms with Crippen molar-refractivity contribution in [3.63, 3.8) is 0 Å². The molecule has 0 radical (unpaired) electrons. The first kappa shape index (κ1) is 16.5. The normalized spacial score (nSPS) is 15.0. The molecule has 2 rings (SSSR count). The smallest absolute Gasteiger partial charge is 0.117 e. The summed E-state index contributed by atoms with van der Waals surface area (Å²) in [5.41, 5.74) is 2.56. The van der Waals surface area contributed by atoms with Crippen molar-refractivity contribution >= 4 is 0 Å². The summed E-state index contributed by atoms with van der Waals surface area (Å²) < 4.78 is 0.763. The van der Waals surface area contributed by atoms with Crippen molar-refractivity contribution in [1.29, 1.82) is 0 Å². The fourth-order valence-corrected chi connectivity index (χ4v) is 3.01. The highest BCUT2D eigenvalue weighted by Crippen LogP contribution is 2.20. The van der Waals surface area contributed by atoms with Crippen LogP contribution >= 0.6 is 0 Å². The lowest BCUT2D eigenvalue weighted by molar-refractivity contribution is -0.941. The molecule has 0 aliphatic rings. The number of quaternary nitrogens is 1. The van der Waals surface area contributed by atoms with Gasteiger partial charge in [0.2, 0.25) is 0 Å². The minimum absolute atomic E-state index is 0.153. The van der Waals surface area contributed by atoms with Gasteiger partial charge in [0, 0.05) is 12.0 Å². The van der Waals surface area contributed by atoms with Crippen LogP contribution in [-0.2, 0) is 13.0 Å². The monoisotopic (exact) mass is 296 g/mol. The van der Waals surface area contributed by atoms with Gasteiger partial charge in [0.05, 0.1) is 20.2 Å². The molecule has 2 nitrogen and oxygen atoms in total.